The molecule has 1 N–H and O–H groups in total. The van der Waals surface area contributed by atoms with Crippen molar-refractivity contribution in [2.45, 2.75) is 50.5 Å². The molecule has 0 unspecified atom stereocenters. The highest BCUT2D eigenvalue weighted by atomic mass is 32.2. The minimum Gasteiger partial charge on any atom is -0.491 e. The second kappa shape index (κ2) is 9.28. The van der Waals surface area contributed by atoms with Crippen LogP contribution in [-0.4, -0.2) is 37.8 Å². The number of hydrogen-bond acceptors (Lipinski definition) is 5. The highest BCUT2D eigenvalue weighted by Crippen LogP contribution is 2.28. The van der Waals surface area contributed by atoms with Crippen molar-refractivity contribution in [2.75, 3.05) is 13.1 Å². The number of thiophene rings is 1. The lowest BCUT2D eigenvalue weighted by atomic mass is 10.0. The van der Waals surface area contributed by atoms with Gasteiger partial charge >= 0.3 is 0 Å². The molecule has 1 amide bonds. The Balaban J connectivity index is 1.59. The first-order valence-electron chi connectivity index (χ1n) is 9.89. The van der Waals surface area contributed by atoms with Gasteiger partial charge in [0.2, 0.25) is 0 Å². The van der Waals surface area contributed by atoms with Gasteiger partial charge in [-0.1, -0.05) is 19.1 Å². The lowest BCUT2D eigenvalue weighted by molar-refractivity contribution is 0.0955. The van der Waals surface area contributed by atoms with Crippen LogP contribution in [-0.2, 0) is 16.6 Å². The molecular formula is C21H28N2O4S2. The molecule has 0 saturated carbocycles. The van der Waals surface area contributed by atoms with Gasteiger partial charge in [0.1, 0.15) is 9.96 Å². The van der Waals surface area contributed by atoms with E-state index >= 15 is 0 Å². The van der Waals surface area contributed by atoms with E-state index in [1.807, 2.05) is 38.1 Å². The van der Waals surface area contributed by atoms with Gasteiger partial charge in [-0.25, -0.2) is 8.42 Å². The van der Waals surface area contributed by atoms with Gasteiger partial charge in [-0.2, -0.15) is 4.31 Å². The van der Waals surface area contributed by atoms with Crippen LogP contribution in [0.2, 0.25) is 0 Å². The highest BCUT2D eigenvalue weighted by Gasteiger charge is 2.29. The second-order valence-corrected chi connectivity index (χ2v) is 10.9. The molecule has 158 valence electrons. The lowest BCUT2D eigenvalue weighted by Gasteiger charge is -2.28. The Labute approximate surface area is 176 Å². The van der Waals surface area contributed by atoms with E-state index in [9.17, 15) is 13.2 Å². The molecule has 1 aliphatic rings. The van der Waals surface area contributed by atoms with Crippen molar-refractivity contribution < 1.29 is 17.9 Å². The molecule has 1 fully saturated rings. The van der Waals surface area contributed by atoms with Gasteiger partial charge < -0.3 is 10.1 Å². The number of amides is 1. The predicted octanol–water partition coefficient (Wildman–Crippen LogP) is 3.89. The number of benzene rings is 1. The van der Waals surface area contributed by atoms with Gasteiger partial charge in [-0.15, -0.1) is 11.3 Å². The summed E-state index contributed by atoms with van der Waals surface area (Å²) in [4.78, 5) is 12.9. The fraction of sp³-hybridized carbons (Fsp3) is 0.476. The Bertz CT molecular complexity index is 928. The number of rotatable bonds is 7. The third-order valence-electron chi connectivity index (χ3n) is 4.89. The summed E-state index contributed by atoms with van der Waals surface area (Å²) in [5, 5.41) is 2.85. The van der Waals surface area contributed by atoms with Crippen molar-refractivity contribution in [2.24, 2.45) is 5.92 Å². The van der Waals surface area contributed by atoms with Gasteiger partial charge in [-0.05, 0) is 62.4 Å². The number of carbonyl (C=O) groups is 1. The SMILES string of the molecule is CC1CCN(S(=O)(=O)c2ccc(C(=O)NCc3ccc(OC(C)C)cc3)s2)CC1. The maximum atomic E-state index is 12.8. The predicted molar refractivity (Wildman–Crippen MR) is 115 cm³/mol. The molecule has 0 spiro atoms. The summed E-state index contributed by atoms with van der Waals surface area (Å²) in [5.41, 5.74) is 0.946. The summed E-state index contributed by atoms with van der Waals surface area (Å²) < 4.78 is 33.0. The van der Waals surface area contributed by atoms with Crippen LogP contribution in [0.15, 0.2) is 40.6 Å². The average molecular weight is 437 g/mol. The fourth-order valence-electron chi connectivity index (χ4n) is 3.16. The zero-order chi connectivity index (χ0) is 21.0. The van der Waals surface area contributed by atoms with Crippen molar-refractivity contribution in [3.63, 3.8) is 0 Å². The molecule has 29 heavy (non-hydrogen) atoms. The van der Waals surface area contributed by atoms with Gasteiger partial charge in [0.25, 0.3) is 15.9 Å². The molecule has 0 bridgehead atoms. The summed E-state index contributed by atoms with van der Waals surface area (Å²) in [6, 6.07) is 10.7. The molecule has 3 rings (SSSR count). The zero-order valence-corrected chi connectivity index (χ0v) is 18.7. The number of carbonyl (C=O) groups excluding carboxylic acids is 1. The molecule has 0 atom stereocenters. The number of nitrogens with zero attached hydrogens (tertiary/aromatic N) is 1. The van der Waals surface area contributed by atoms with Crippen molar-refractivity contribution in [1.82, 2.24) is 9.62 Å². The maximum absolute atomic E-state index is 12.8. The molecular weight excluding hydrogens is 408 g/mol. The quantitative estimate of drug-likeness (QED) is 0.715. The Morgan fingerprint density at radius 2 is 1.83 bits per heavy atom. The van der Waals surface area contributed by atoms with E-state index in [0.717, 1.165) is 35.5 Å². The van der Waals surface area contributed by atoms with Crippen molar-refractivity contribution in [1.29, 1.82) is 0 Å². The van der Waals surface area contributed by atoms with E-state index in [0.29, 0.717) is 30.4 Å². The van der Waals surface area contributed by atoms with Crippen LogP contribution in [0.5, 0.6) is 5.75 Å². The van der Waals surface area contributed by atoms with E-state index < -0.39 is 10.0 Å². The minimum atomic E-state index is -3.52. The molecule has 8 heteroatoms. The van der Waals surface area contributed by atoms with Crippen molar-refractivity contribution >= 4 is 27.3 Å². The highest BCUT2D eigenvalue weighted by molar-refractivity contribution is 7.91. The van der Waals surface area contributed by atoms with Crippen molar-refractivity contribution in [3.05, 3.63) is 46.8 Å². The lowest BCUT2D eigenvalue weighted by Crippen LogP contribution is -2.37. The summed E-state index contributed by atoms with van der Waals surface area (Å²) in [5.74, 6) is 1.07. The number of piperidine rings is 1. The molecule has 1 saturated heterocycles. The number of nitrogens with one attached hydrogen (secondary N) is 1. The fourth-order valence-corrected chi connectivity index (χ4v) is 6.01. The van der Waals surface area contributed by atoms with Crippen LogP contribution in [0.3, 0.4) is 0 Å². The van der Waals surface area contributed by atoms with Crippen LogP contribution in [0, 0.1) is 5.92 Å². The topological polar surface area (TPSA) is 75.7 Å². The normalized spacial score (nSPS) is 16.1. The molecule has 6 nitrogen and oxygen atoms in total. The van der Waals surface area contributed by atoms with Gasteiger partial charge in [0, 0.05) is 19.6 Å². The molecule has 2 aromatic rings. The van der Waals surface area contributed by atoms with Crippen LogP contribution >= 0.6 is 11.3 Å². The molecule has 1 aromatic heterocycles. The van der Waals surface area contributed by atoms with Crippen LogP contribution in [0.4, 0.5) is 0 Å². The molecule has 0 aliphatic carbocycles. The third kappa shape index (κ3) is 5.58. The first kappa shape index (κ1) is 21.8. The van der Waals surface area contributed by atoms with E-state index in [1.165, 1.54) is 10.4 Å². The summed E-state index contributed by atoms with van der Waals surface area (Å²) in [6.07, 6.45) is 1.86. The molecule has 0 radical (unpaired) electrons. The number of ether oxygens (including phenoxy) is 1. The van der Waals surface area contributed by atoms with Crippen LogP contribution in [0.1, 0.15) is 48.8 Å². The number of hydrogen-bond donors (Lipinski definition) is 1. The van der Waals surface area contributed by atoms with Gasteiger partial charge in [0.15, 0.2) is 0 Å². The standard InChI is InChI=1S/C21H28N2O4S2/c1-15(2)27-18-6-4-17(5-7-18)14-22-21(24)19-8-9-20(28-19)29(25,26)23-12-10-16(3)11-13-23/h4-9,15-16H,10-14H2,1-3H3,(H,22,24). The Morgan fingerprint density at radius 1 is 1.17 bits per heavy atom. The van der Waals surface area contributed by atoms with Crippen molar-refractivity contribution in [3.8, 4) is 5.75 Å². The monoisotopic (exact) mass is 436 g/mol. The van der Waals surface area contributed by atoms with Crippen LogP contribution in [0.25, 0.3) is 0 Å². The summed E-state index contributed by atoms with van der Waals surface area (Å²) in [7, 11) is -3.52. The minimum absolute atomic E-state index is 0.109. The van der Waals surface area contributed by atoms with E-state index in [1.54, 1.807) is 6.07 Å². The largest absolute Gasteiger partial charge is 0.491 e. The second-order valence-electron chi connectivity index (χ2n) is 7.70. The summed E-state index contributed by atoms with van der Waals surface area (Å²) >= 11 is 1.03. The first-order chi connectivity index (χ1) is 13.8. The van der Waals surface area contributed by atoms with Gasteiger partial charge in [-0.3, -0.25) is 4.79 Å². The first-order valence-corrected chi connectivity index (χ1v) is 12.1. The maximum Gasteiger partial charge on any atom is 0.261 e. The van der Waals surface area contributed by atoms with Gasteiger partial charge in [0.05, 0.1) is 11.0 Å². The van der Waals surface area contributed by atoms with E-state index in [2.05, 4.69) is 12.2 Å². The Kier molecular flexibility index (Phi) is 6.97. The smallest absolute Gasteiger partial charge is 0.261 e. The molecule has 1 aliphatic heterocycles. The number of sulfonamides is 1. The average Bonchev–Trinajstić information content (AvgIpc) is 3.18. The zero-order valence-electron chi connectivity index (χ0n) is 17.1. The Hall–Kier alpha value is -1.90. The molecule has 1 aromatic carbocycles. The summed E-state index contributed by atoms with van der Waals surface area (Å²) in [6.45, 7) is 7.52. The Morgan fingerprint density at radius 3 is 2.45 bits per heavy atom. The van der Waals surface area contributed by atoms with E-state index in [-0.39, 0.29) is 16.2 Å². The molecule has 2 heterocycles. The third-order valence-corrected chi connectivity index (χ3v) is 8.34. The van der Waals surface area contributed by atoms with Crippen LogP contribution < -0.4 is 10.1 Å². The van der Waals surface area contributed by atoms with E-state index in [4.69, 9.17) is 4.74 Å².